The molecule has 0 spiro atoms. The number of hydrogen-bond acceptors (Lipinski definition) is 1. The van der Waals surface area contributed by atoms with Crippen molar-refractivity contribution in [1.82, 2.24) is 0 Å². The van der Waals surface area contributed by atoms with E-state index in [9.17, 15) is 0 Å². The lowest BCUT2D eigenvalue weighted by Crippen LogP contribution is -2.13. The summed E-state index contributed by atoms with van der Waals surface area (Å²) in [5.74, 6) is 0. The molecule has 1 aliphatic rings. The molecule has 0 amide bonds. The summed E-state index contributed by atoms with van der Waals surface area (Å²) in [6.07, 6.45) is 5.84. The largest absolute Gasteiger partial charge is 0.328 e. The second-order valence-electron chi connectivity index (χ2n) is 1.86. The van der Waals surface area contributed by atoms with Gasteiger partial charge >= 0.3 is 0 Å². The van der Waals surface area contributed by atoms with Crippen molar-refractivity contribution in [3.63, 3.8) is 0 Å². The lowest BCUT2D eigenvalue weighted by atomic mass is 10.3. The summed E-state index contributed by atoms with van der Waals surface area (Å²) in [6.45, 7) is 0. The zero-order chi connectivity index (χ0) is 4.41. The Labute approximate surface area is 38.5 Å². The topological polar surface area (TPSA) is 26.0 Å². The van der Waals surface area contributed by atoms with Gasteiger partial charge in [-0.15, -0.1) is 0 Å². The summed E-state index contributed by atoms with van der Waals surface area (Å²) >= 11 is 0. The van der Waals surface area contributed by atoms with Crippen LogP contribution < -0.4 is 5.73 Å². The molecule has 0 aromatic heterocycles. The summed E-state index contributed by atoms with van der Waals surface area (Å²) in [6, 6.07) is 0.491. The first-order valence-corrected chi connectivity index (χ1v) is 2.47. The van der Waals surface area contributed by atoms with Gasteiger partial charge in [0.05, 0.1) is 0 Å². The molecule has 0 saturated heterocycles. The van der Waals surface area contributed by atoms with Gasteiger partial charge < -0.3 is 5.73 Å². The summed E-state index contributed by atoms with van der Waals surface area (Å²) in [5, 5.41) is 0. The molecule has 1 nitrogen and oxygen atoms in total. The van der Waals surface area contributed by atoms with Crippen molar-refractivity contribution in [2.75, 3.05) is 0 Å². The van der Waals surface area contributed by atoms with Gasteiger partial charge in [-0.1, -0.05) is 0 Å². The summed E-state index contributed by atoms with van der Waals surface area (Å²) in [4.78, 5) is 0. The van der Waals surface area contributed by atoms with E-state index < -0.39 is 0 Å². The standard InChI is InChI=1S/C5H10N/c6-5-3-1-2-4-5/h1,5H,2-4,6H2/t5-/m0/s1. The van der Waals surface area contributed by atoms with E-state index in [2.05, 4.69) is 6.42 Å². The zero-order valence-corrected chi connectivity index (χ0v) is 3.85. The number of rotatable bonds is 0. The first kappa shape index (κ1) is 4.13. The highest BCUT2D eigenvalue weighted by Gasteiger charge is 2.07. The van der Waals surface area contributed by atoms with Crippen molar-refractivity contribution in [3.8, 4) is 0 Å². The molecule has 1 atom stereocenters. The van der Waals surface area contributed by atoms with Crippen molar-refractivity contribution in [3.05, 3.63) is 6.42 Å². The number of nitrogens with two attached hydrogens (primary N) is 1. The van der Waals surface area contributed by atoms with E-state index in [1.54, 1.807) is 0 Å². The van der Waals surface area contributed by atoms with Gasteiger partial charge in [0.15, 0.2) is 0 Å². The van der Waals surface area contributed by atoms with Crippen LogP contribution in [0.2, 0.25) is 0 Å². The highest BCUT2D eigenvalue weighted by molar-refractivity contribution is 4.82. The Hall–Kier alpha value is -0.0400. The molecule has 0 unspecified atom stereocenters. The fourth-order valence-electron chi connectivity index (χ4n) is 0.782. The Morgan fingerprint density at radius 1 is 1.67 bits per heavy atom. The van der Waals surface area contributed by atoms with Gasteiger partial charge in [-0.25, -0.2) is 0 Å². The van der Waals surface area contributed by atoms with E-state index in [0.717, 1.165) is 6.42 Å². The van der Waals surface area contributed by atoms with Crippen molar-refractivity contribution in [2.24, 2.45) is 5.73 Å². The highest BCUT2D eigenvalue weighted by Crippen LogP contribution is 2.13. The van der Waals surface area contributed by atoms with Crippen LogP contribution in [0.1, 0.15) is 19.3 Å². The summed E-state index contributed by atoms with van der Waals surface area (Å²) in [5.41, 5.74) is 5.50. The van der Waals surface area contributed by atoms with Gasteiger partial charge in [-0.3, -0.25) is 0 Å². The second-order valence-corrected chi connectivity index (χ2v) is 1.86. The van der Waals surface area contributed by atoms with Crippen molar-refractivity contribution in [2.45, 2.75) is 25.3 Å². The quantitative estimate of drug-likeness (QED) is 0.459. The van der Waals surface area contributed by atoms with Gasteiger partial charge in [0.2, 0.25) is 0 Å². The molecule has 1 heteroatoms. The maximum absolute atomic E-state index is 5.50. The van der Waals surface area contributed by atoms with Gasteiger partial charge in [0.1, 0.15) is 0 Å². The minimum Gasteiger partial charge on any atom is -0.328 e. The van der Waals surface area contributed by atoms with Crippen LogP contribution in [0.15, 0.2) is 0 Å². The molecule has 1 aliphatic carbocycles. The number of hydrogen-bond donors (Lipinski definition) is 1. The van der Waals surface area contributed by atoms with Gasteiger partial charge in [-0.2, -0.15) is 0 Å². The molecular formula is C5H10N. The van der Waals surface area contributed by atoms with Crippen LogP contribution in [-0.4, -0.2) is 6.04 Å². The molecule has 0 aliphatic heterocycles. The van der Waals surface area contributed by atoms with E-state index in [0.29, 0.717) is 6.04 Å². The van der Waals surface area contributed by atoms with Crippen LogP contribution in [0.25, 0.3) is 0 Å². The van der Waals surface area contributed by atoms with Gasteiger partial charge in [0, 0.05) is 6.04 Å². The molecule has 2 N–H and O–H groups in total. The average Bonchev–Trinajstić information content (AvgIpc) is 1.86. The SMILES string of the molecule is N[C@H]1C[CH]CC1. The lowest BCUT2D eigenvalue weighted by molar-refractivity contribution is 0.711. The van der Waals surface area contributed by atoms with Crippen LogP contribution in [-0.2, 0) is 0 Å². The van der Waals surface area contributed by atoms with E-state index in [-0.39, 0.29) is 0 Å². The fraction of sp³-hybridized carbons (Fsp3) is 0.800. The van der Waals surface area contributed by atoms with E-state index in [4.69, 9.17) is 5.73 Å². The normalized spacial score (nSPS) is 25.5. The molecule has 0 heterocycles. The van der Waals surface area contributed by atoms with Crippen molar-refractivity contribution < 1.29 is 0 Å². The fourth-order valence-corrected chi connectivity index (χ4v) is 0.782. The molecule has 0 bridgehead atoms. The maximum atomic E-state index is 5.50. The minimum absolute atomic E-state index is 0.491. The molecular weight excluding hydrogens is 74.1 g/mol. The predicted molar refractivity (Wildman–Crippen MR) is 26.1 cm³/mol. The highest BCUT2D eigenvalue weighted by atomic mass is 14.6. The van der Waals surface area contributed by atoms with Crippen LogP contribution in [0, 0.1) is 6.42 Å². The lowest BCUT2D eigenvalue weighted by Gasteiger charge is -1.92. The van der Waals surface area contributed by atoms with Crippen LogP contribution in [0.5, 0.6) is 0 Å². The Bertz CT molecular complexity index is 37.2. The monoisotopic (exact) mass is 84.1 g/mol. The van der Waals surface area contributed by atoms with Crippen LogP contribution in [0.4, 0.5) is 0 Å². The second kappa shape index (κ2) is 1.61. The third-order valence-electron chi connectivity index (χ3n) is 1.21. The van der Waals surface area contributed by atoms with Crippen molar-refractivity contribution in [1.29, 1.82) is 0 Å². The third kappa shape index (κ3) is 0.716. The van der Waals surface area contributed by atoms with Crippen molar-refractivity contribution >= 4 is 0 Å². The zero-order valence-electron chi connectivity index (χ0n) is 3.85. The molecule has 6 heavy (non-hydrogen) atoms. The molecule has 35 valence electrons. The predicted octanol–water partition coefficient (Wildman–Crippen LogP) is 0.702. The van der Waals surface area contributed by atoms with Crippen LogP contribution in [0.3, 0.4) is 0 Å². The first-order valence-electron chi connectivity index (χ1n) is 2.47. The Balaban J connectivity index is 2.18. The first-order chi connectivity index (χ1) is 2.89. The molecule has 1 fully saturated rings. The van der Waals surface area contributed by atoms with Gasteiger partial charge in [0.25, 0.3) is 0 Å². The summed E-state index contributed by atoms with van der Waals surface area (Å²) < 4.78 is 0. The molecule has 0 aromatic carbocycles. The van der Waals surface area contributed by atoms with E-state index in [1.165, 1.54) is 12.8 Å². The minimum atomic E-state index is 0.491. The Morgan fingerprint density at radius 3 is 2.67 bits per heavy atom. The van der Waals surface area contributed by atoms with Gasteiger partial charge in [-0.05, 0) is 25.7 Å². The van der Waals surface area contributed by atoms with E-state index >= 15 is 0 Å². The average molecular weight is 84.1 g/mol. The smallest absolute Gasteiger partial charge is 0.00416 e. The molecule has 0 aromatic rings. The third-order valence-corrected chi connectivity index (χ3v) is 1.21. The molecule has 1 rings (SSSR count). The molecule has 1 radical (unpaired) electrons. The summed E-state index contributed by atoms with van der Waals surface area (Å²) in [7, 11) is 0. The Kier molecular flexibility index (Phi) is 1.10. The van der Waals surface area contributed by atoms with Crippen LogP contribution >= 0.6 is 0 Å². The van der Waals surface area contributed by atoms with E-state index in [1.807, 2.05) is 0 Å². The maximum Gasteiger partial charge on any atom is 0.00416 e. The molecule has 1 saturated carbocycles. The Morgan fingerprint density at radius 2 is 2.50 bits per heavy atom.